The lowest BCUT2D eigenvalue weighted by Gasteiger charge is -2.28. The number of nitrogens with one attached hydrogen (secondary N) is 2. The van der Waals surface area contributed by atoms with Crippen LogP contribution in [0, 0.1) is 0 Å². The van der Waals surface area contributed by atoms with Crippen LogP contribution in [0.5, 0.6) is 0 Å². The largest absolute Gasteiger partial charge is 0.339 e. The summed E-state index contributed by atoms with van der Waals surface area (Å²) in [6.45, 7) is 0. The zero-order valence-corrected chi connectivity index (χ0v) is 12.8. The molecule has 2 atom stereocenters. The van der Waals surface area contributed by atoms with Crippen LogP contribution >= 0.6 is 11.8 Å². The molecule has 1 aromatic heterocycles. The van der Waals surface area contributed by atoms with Crippen LogP contribution in [0.25, 0.3) is 0 Å². The fraction of sp³-hybridized carbons (Fsp3) is 0.769. The first kappa shape index (κ1) is 15.3. The maximum atomic E-state index is 11.4. The van der Waals surface area contributed by atoms with Crippen LogP contribution in [-0.4, -0.2) is 33.1 Å². The summed E-state index contributed by atoms with van der Waals surface area (Å²) < 4.78 is 1.54. The van der Waals surface area contributed by atoms with E-state index < -0.39 is 11.1 Å². The standard InChI is InChI=1S/C13H22N4O2S/c1-14-9-7-5-3-4-6-8-10(9)20-13-15-11(18)12(19)16-17(13)2/h9-10,14H,3-8H2,1-2H3,(H,16,19). The van der Waals surface area contributed by atoms with Crippen molar-refractivity contribution < 1.29 is 0 Å². The Bertz CT molecular complexity index is 554. The van der Waals surface area contributed by atoms with Gasteiger partial charge >= 0.3 is 11.1 Å². The second-order valence-electron chi connectivity index (χ2n) is 5.24. The number of thioether (sulfide) groups is 1. The fourth-order valence-corrected chi connectivity index (χ4v) is 3.95. The maximum absolute atomic E-state index is 11.4. The Morgan fingerprint density at radius 3 is 2.65 bits per heavy atom. The molecule has 2 unspecified atom stereocenters. The summed E-state index contributed by atoms with van der Waals surface area (Å²) in [7, 11) is 3.70. The summed E-state index contributed by atoms with van der Waals surface area (Å²) in [4.78, 5) is 26.5. The van der Waals surface area contributed by atoms with Crippen molar-refractivity contribution in [1.29, 1.82) is 0 Å². The molecule has 112 valence electrons. The number of aromatic amines is 1. The number of aromatic nitrogens is 3. The fourth-order valence-electron chi connectivity index (χ4n) is 2.62. The highest BCUT2D eigenvalue weighted by Gasteiger charge is 2.24. The van der Waals surface area contributed by atoms with Crippen molar-refractivity contribution in [2.75, 3.05) is 7.05 Å². The quantitative estimate of drug-likeness (QED) is 0.810. The van der Waals surface area contributed by atoms with E-state index in [2.05, 4.69) is 15.4 Å². The number of hydrogen-bond acceptors (Lipinski definition) is 5. The molecule has 2 N–H and O–H groups in total. The van der Waals surface area contributed by atoms with E-state index in [0.29, 0.717) is 16.4 Å². The zero-order chi connectivity index (χ0) is 14.5. The maximum Gasteiger partial charge on any atom is 0.339 e. The molecular formula is C13H22N4O2S. The molecule has 0 spiro atoms. The minimum Gasteiger partial charge on any atom is -0.316 e. The normalized spacial score (nSPS) is 24.1. The van der Waals surface area contributed by atoms with Crippen LogP contribution < -0.4 is 16.4 Å². The van der Waals surface area contributed by atoms with E-state index in [-0.39, 0.29) is 0 Å². The molecule has 0 saturated heterocycles. The molecular weight excluding hydrogens is 276 g/mol. The number of rotatable bonds is 3. The Hall–Kier alpha value is -1.08. The minimum atomic E-state index is -0.711. The number of nitrogens with zero attached hydrogens (tertiary/aromatic N) is 2. The predicted octanol–water partition coefficient (Wildman–Crippen LogP) is 0.871. The van der Waals surface area contributed by atoms with Crippen LogP contribution in [0.2, 0.25) is 0 Å². The summed E-state index contributed by atoms with van der Waals surface area (Å²) in [5, 5.41) is 6.84. The van der Waals surface area contributed by atoms with Crippen LogP contribution in [0.1, 0.15) is 38.5 Å². The van der Waals surface area contributed by atoms with Crippen molar-refractivity contribution in [2.24, 2.45) is 7.05 Å². The van der Waals surface area contributed by atoms with Crippen molar-refractivity contribution in [3.05, 3.63) is 20.7 Å². The van der Waals surface area contributed by atoms with Crippen molar-refractivity contribution in [1.82, 2.24) is 20.1 Å². The average Bonchev–Trinajstić information content (AvgIpc) is 2.39. The minimum absolute atomic E-state index is 0.379. The lowest BCUT2D eigenvalue weighted by Crippen LogP contribution is -2.38. The van der Waals surface area contributed by atoms with Crippen molar-refractivity contribution in [3.63, 3.8) is 0 Å². The van der Waals surface area contributed by atoms with Gasteiger partial charge in [-0.15, -0.1) is 0 Å². The summed E-state index contributed by atoms with van der Waals surface area (Å²) in [6.07, 6.45) is 7.25. The molecule has 20 heavy (non-hydrogen) atoms. The van der Waals surface area contributed by atoms with E-state index in [9.17, 15) is 9.59 Å². The number of aryl methyl sites for hydroxylation is 1. The Morgan fingerprint density at radius 1 is 1.25 bits per heavy atom. The lowest BCUT2D eigenvalue weighted by atomic mass is 9.96. The van der Waals surface area contributed by atoms with Crippen LogP contribution in [0.15, 0.2) is 14.7 Å². The van der Waals surface area contributed by atoms with Gasteiger partial charge in [-0.1, -0.05) is 37.4 Å². The molecule has 0 bridgehead atoms. The molecule has 2 rings (SSSR count). The van der Waals surface area contributed by atoms with Crippen molar-refractivity contribution in [2.45, 2.75) is 55.0 Å². The summed E-state index contributed by atoms with van der Waals surface area (Å²) in [6, 6.07) is 0.420. The second-order valence-corrected chi connectivity index (χ2v) is 6.45. The molecule has 1 aliphatic rings. The third-order valence-corrected chi connectivity index (χ3v) is 5.22. The molecule has 1 aromatic rings. The lowest BCUT2D eigenvalue weighted by molar-refractivity contribution is 0.419. The molecule has 7 heteroatoms. The van der Waals surface area contributed by atoms with Gasteiger partial charge in [0.1, 0.15) is 0 Å². The van der Waals surface area contributed by atoms with Crippen LogP contribution in [-0.2, 0) is 7.05 Å². The van der Waals surface area contributed by atoms with Gasteiger partial charge in [-0.05, 0) is 19.9 Å². The molecule has 0 aromatic carbocycles. The van der Waals surface area contributed by atoms with Gasteiger partial charge in [0, 0.05) is 18.3 Å². The monoisotopic (exact) mass is 298 g/mol. The highest BCUT2D eigenvalue weighted by atomic mass is 32.2. The molecule has 1 fully saturated rings. The highest BCUT2D eigenvalue weighted by molar-refractivity contribution is 7.99. The van der Waals surface area contributed by atoms with Crippen LogP contribution in [0.3, 0.4) is 0 Å². The van der Waals surface area contributed by atoms with Gasteiger partial charge in [-0.2, -0.15) is 4.98 Å². The predicted molar refractivity (Wildman–Crippen MR) is 80.3 cm³/mol. The smallest absolute Gasteiger partial charge is 0.316 e. The first-order valence-corrected chi connectivity index (χ1v) is 8.01. The van der Waals surface area contributed by atoms with Gasteiger partial charge in [0.2, 0.25) is 0 Å². The molecule has 1 saturated carbocycles. The van der Waals surface area contributed by atoms with E-state index in [1.54, 1.807) is 23.5 Å². The first-order chi connectivity index (χ1) is 9.61. The van der Waals surface area contributed by atoms with E-state index in [0.717, 1.165) is 12.8 Å². The molecule has 1 heterocycles. The Balaban J connectivity index is 2.19. The molecule has 6 nitrogen and oxygen atoms in total. The second kappa shape index (κ2) is 7.08. The molecule has 0 aliphatic heterocycles. The third-order valence-electron chi connectivity index (χ3n) is 3.78. The zero-order valence-electron chi connectivity index (χ0n) is 12.0. The summed E-state index contributed by atoms with van der Waals surface area (Å²) in [5.74, 6) is 0. The van der Waals surface area contributed by atoms with E-state index in [1.165, 1.54) is 25.7 Å². The van der Waals surface area contributed by atoms with Gasteiger partial charge in [-0.3, -0.25) is 19.4 Å². The van der Waals surface area contributed by atoms with E-state index >= 15 is 0 Å². The Morgan fingerprint density at radius 2 is 1.95 bits per heavy atom. The van der Waals surface area contributed by atoms with Crippen molar-refractivity contribution in [3.8, 4) is 0 Å². The topological polar surface area (TPSA) is 79.8 Å². The summed E-state index contributed by atoms with van der Waals surface area (Å²) in [5.41, 5.74) is -1.38. The van der Waals surface area contributed by atoms with E-state index in [1.807, 2.05) is 7.05 Å². The van der Waals surface area contributed by atoms with Gasteiger partial charge in [-0.25, -0.2) is 0 Å². The Labute approximate surface area is 122 Å². The van der Waals surface area contributed by atoms with Gasteiger partial charge in [0.05, 0.1) is 0 Å². The third kappa shape index (κ3) is 3.73. The van der Waals surface area contributed by atoms with E-state index in [4.69, 9.17) is 0 Å². The van der Waals surface area contributed by atoms with Gasteiger partial charge in [0.15, 0.2) is 5.16 Å². The van der Waals surface area contributed by atoms with Crippen molar-refractivity contribution >= 4 is 11.8 Å². The molecule has 0 amide bonds. The number of H-pyrrole nitrogens is 1. The van der Waals surface area contributed by atoms with Crippen LogP contribution in [0.4, 0.5) is 0 Å². The highest BCUT2D eigenvalue weighted by Crippen LogP contribution is 2.30. The van der Waals surface area contributed by atoms with Gasteiger partial charge in [0.25, 0.3) is 0 Å². The molecule has 1 aliphatic carbocycles. The molecule has 0 radical (unpaired) electrons. The Kier molecular flexibility index (Phi) is 5.42. The average molecular weight is 298 g/mol. The van der Waals surface area contributed by atoms with Gasteiger partial charge < -0.3 is 5.32 Å². The first-order valence-electron chi connectivity index (χ1n) is 7.13. The number of hydrogen-bond donors (Lipinski definition) is 2. The summed E-state index contributed by atoms with van der Waals surface area (Å²) >= 11 is 1.59. The SMILES string of the molecule is CNC1CCCCCCC1Sc1nc(=O)c(=O)[nH]n1C.